The third kappa shape index (κ3) is 16.1. The molecule has 0 saturated carbocycles. The van der Waals surface area contributed by atoms with Gasteiger partial charge in [0.2, 0.25) is 47.3 Å². The van der Waals surface area contributed by atoms with Gasteiger partial charge in [-0.1, -0.05) is 113 Å². The molecule has 0 spiro atoms. The number of carbonyl (C=O) groups excluding carboxylic acids is 8. The van der Waals surface area contributed by atoms with Crippen molar-refractivity contribution in [3.8, 4) is 0 Å². The van der Waals surface area contributed by atoms with E-state index in [2.05, 4.69) is 42.2 Å². The van der Waals surface area contributed by atoms with Gasteiger partial charge in [-0.15, -0.1) is 0 Å². The molecule has 3 heterocycles. The molecule has 8 N–H and O–H groups in total. The van der Waals surface area contributed by atoms with E-state index in [4.69, 9.17) is 0 Å². The Labute approximate surface area is 449 Å². The lowest BCUT2D eigenvalue weighted by Crippen LogP contribution is -2.62. The van der Waals surface area contributed by atoms with Crippen LogP contribution in [0.5, 0.6) is 0 Å². The monoisotopic (exact) mass is 1080 g/mol. The molecule has 76 heavy (non-hydrogen) atoms. The van der Waals surface area contributed by atoms with E-state index in [0.717, 1.165) is 10.9 Å². The fraction of sp³-hybridized carbons (Fsp3) is 0.491. The zero-order valence-electron chi connectivity index (χ0n) is 44.1. The van der Waals surface area contributed by atoms with E-state index in [1.165, 1.54) is 17.4 Å². The maximum absolute atomic E-state index is 14.9. The summed E-state index contributed by atoms with van der Waals surface area (Å²) in [7, 11) is -2.82. The molecule has 11 atom stereocenters. The highest BCUT2D eigenvalue weighted by Gasteiger charge is 2.41. The molecule has 2 aliphatic heterocycles. The number of fused-ring (bicyclic) bond motifs is 2. The Bertz CT molecular complexity index is 2740. The molecule has 11 unspecified atom stereocenters. The molecule has 0 radical (unpaired) electrons. The van der Waals surface area contributed by atoms with E-state index in [0.29, 0.717) is 29.5 Å². The number of aromatic nitrogens is 1. The van der Waals surface area contributed by atoms with Crippen LogP contribution in [0.2, 0.25) is 0 Å². The minimum absolute atomic E-state index is 0.0100. The molecule has 2 aliphatic rings. The van der Waals surface area contributed by atoms with Gasteiger partial charge in [0.15, 0.2) is 0 Å². The van der Waals surface area contributed by atoms with Gasteiger partial charge >= 0.3 is 0 Å². The number of aromatic amines is 1. The topological polar surface area (TPSA) is 274 Å². The maximum Gasteiger partial charge on any atom is 0.245 e. The molecule has 1 aromatic heterocycles. The summed E-state index contributed by atoms with van der Waals surface area (Å²) < 4.78 is 25.0. The summed E-state index contributed by atoms with van der Waals surface area (Å²) >= 11 is 0. The second-order valence-electron chi connectivity index (χ2n) is 20.2. The number of amides is 8. The highest BCUT2D eigenvalue weighted by molar-refractivity contribution is 7.84. The number of nitrogens with one attached hydrogen (secondary N) is 8. The fourth-order valence-corrected chi connectivity index (χ4v) is 10.7. The first-order valence-electron chi connectivity index (χ1n) is 26.0. The molecule has 4 aromatic rings. The molecule has 2 fully saturated rings. The number of hydrogen-bond donors (Lipinski definition) is 8. The van der Waals surface area contributed by atoms with E-state index in [1.807, 2.05) is 31.2 Å². The lowest BCUT2D eigenvalue weighted by molar-refractivity contribution is -0.143. The van der Waals surface area contributed by atoms with E-state index in [9.17, 15) is 46.8 Å². The Hall–Kier alpha value is -6.74. The van der Waals surface area contributed by atoms with Gasteiger partial charge in [0.1, 0.15) is 48.3 Å². The molecular formula is C55H73N9O10S2. The van der Waals surface area contributed by atoms with Crippen LogP contribution in [0.3, 0.4) is 0 Å². The predicted octanol–water partition coefficient (Wildman–Crippen LogP) is 1.83. The van der Waals surface area contributed by atoms with Crippen LogP contribution >= 0.6 is 0 Å². The lowest BCUT2D eigenvalue weighted by Gasteiger charge is -2.32. The molecule has 6 rings (SSSR count). The first-order valence-corrected chi connectivity index (χ1v) is 29.4. The molecule has 410 valence electrons. The molecule has 2 saturated heterocycles. The van der Waals surface area contributed by atoms with Crippen LogP contribution in [0.25, 0.3) is 10.9 Å². The van der Waals surface area contributed by atoms with Crippen molar-refractivity contribution in [1.29, 1.82) is 0 Å². The summed E-state index contributed by atoms with van der Waals surface area (Å²) in [5, 5.41) is 20.6. The third-order valence-corrected chi connectivity index (χ3v) is 15.7. The summed E-state index contributed by atoms with van der Waals surface area (Å²) in [5.74, 6) is -6.86. The first kappa shape index (κ1) is 58.5. The van der Waals surface area contributed by atoms with Crippen LogP contribution in [0, 0.1) is 11.8 Å². The van der Waals surface area contributed by atoms with Crippen molar-refractivity contribution >= 4 is 79.8 Å². The van der Waals surface area contributed by atoms with E-state index in [-0.39, 0.29) is 56.6 Å². The van der Waals surface area contributed by atoms with E-state index < -0.39 is 129 Å². The Morgan fingerprint density at radius 1 is 0.539 bits per heavy atom. The molecule has 19 nitrogen and oxygen atoms in total. The predicted molar refractivity (Wildman–Crippen MR) is 292 cm³/mol. The van der Waals surface area contributed by atoms with Crippen molar-refractivity contribution in [2.45, 2.75) is 127 Å². The molecule has 8 amide bonds. The van der Waals surface area contributed by atoms with Crippen molar-refractivity contribution in [3.63, 3.8) is 0 Å². The smallest absolute Gasteiger partial charge is 0.245 e. The lowest BCUT2D eigenvalue weighted by atomic mass is 9.96. The largest absolute Gasteiger partial charge is 0.361 e. The fourth-order valence-electron chi connectivity index (χ4n) is 9.53. The number of hydrogen-bond acceptors (Lipinski definition) is 10. The number of para-hydroxylation sites is 1. The molecule has 21 heteroatoms. The van der Waals surface area contributed by atoms with Crippen molar-refractivity contribution in [2.75, 3.05) is 30.6 Å². The minimum Gasteiger partial charge on any atom is -0.361 e. The quantitative estimate of drug-likeness (QED) is 0.0856. The van der Waals surface area contributed by atoms with E-state index in [1.54, 1.807) is 87.6 Å². The highest BCUT2D eigenvalue weighted by atomic mass is 32.2. The maximum atomic E-state index is 14.9. The molecule has 0 bridgehead atoms. The SMILES string of the molecule is CCC(C)C1NC(=O)C(CCS(C)=O)NC(=O)C(C(C)C)NC(=O)C(Cc2c[nH]c3ccccc23)NC(=O)C(Cc2ccccc2)NC(=O)C(Cc2ccccc2)NC(=O)C2CCCN2C(=O)C(CCS(C)=O)NC1=O. The van der Waals surface area contributed by atoms with Gasteiger partial charge in [0, 0.05) is 88.5 Å². The van der Waals surface area contributed by atoms with Gasteiger partial charge in [0.05, 0.1) is 0 Å². The number of nitrogens with zero attached hydrogens (tertiary/aromatic N) is 1. The number of H-pyrrole nitrogens is 1. The zero-order valence-corrected chi connectivity index (χ0v) is 45.7. The van der Waals surface area contributed by atoms with Crippen molar-refractivity contribution in [1.82, 2.24) is 47.1 Å². The van der Waals surface area contributed by atoms with Gasteiger partial charge in [0.25, 0.3) is 0 Å². The van der Waals surface area contributed by atoms with Crippen LogP contribution in [0.4, 0.5) is 0 Å². The number of benzene rings is 3. The second-order valence-corrected chi connectivity index (χ2v) is 23.3. The second kappa shape index (κ2) is 27.9. The van der Waals surface area contributed by atoms with Crippen molar-refractivity contribution in [3.05, 3.63) is 108 Å². The molecule has 3 aromatic carbocycles. The summed E-state index contributed by atoms with van der Waals surface area (Å²) in [4.78, 5) is 122. The Balaban J connectivity index is 1.45. The standard InChI is InChI=1S/C55H73N9O10S2/c1-7-34(4)47-54(71)58-41(25-28-76(6)74)55(72)64-26-16-23-45(64)52(69)61-43(30-36-19-12-9-13-20-36)50(67)59-42(29-35-17-10-8-11-18-35)49(66)60-44(31-37-32-56-39-22-15-14-21-38(37)39)51(68)62-46(33(2)3)53(70)57-40(48(65)63-47)24-27-75(5)73/h8-15,17-22,32-34,40-47,56H,7,16,23-31H2,1-6H3,(H,57,70)(H,58,71)(H,59,67)(H,60,66)(H,61,69)(H,62,68)(H,63,65). The van der Waals surface area contributed by atoms with Gasteiger partial charge in [-0.3, -0.25) is 46.8 Å². The Morgan fingerprint density at radius 3 is 1.57 bits per heavy atom. The average Bonchev–Trinajstić information content (AvgIpc) is 4.07. The third-order valence-electron chi connectivity index (χ3n) is 14.1. The van der Waals surface area contributed by atoms with Crippen molar-refractivity contribution in [2.24, 2.45) is 11.8 Å². The minimum atomic E-state index is -1.42. The van der Waals surface area contributed by atoms with E-state index >= 15 is 0 Å². The number of carbonyl (C=O) groups is 8. The highest BCUT2D eigenvalue weighted by Crippen LogP contribution is 2.23. The van der Waals surface area contributed by atoms with Crippen LogP contribution in [-0.2, 0) is 79.2 Å². The summed E-state index contributed by atoms with van der Waals surface area (Å²) in [6, 6.07) is 15.1. The van der Waals surface area contributed by atoms with Gasteiger partial charge in [-0.05, 0) is 60.3 Å². The Morgan fingerprint density at radius 2 is 1.00 bits per heavy atom. The van der Waals surface area contributed by atoms with Crippen LogP contribution in [0.15, 0.2) is 91.1 Å². The van der Waals surface area contributed by atoms with Crippen LogP contribution < -0.4 is 37.2 Å². The Kier molecular flexibility index (Phi) is 21.5. The van der Waals surface area contributed by atoms with Crippen LogP contribution in [-0.4, -0.2) is 144 Å². The average molecular weight is 1080 g/mol. The molecule has 0 aliphatic carbocycles. The van der Waals surface area contributed by atoms with Gasteiger partial charge < -0.3 is 47.1 Å². The summed E-state index contributed by atoms with van der Waals surface area (Å²) in [6.07, 6.45) is 5.35. The summed E-state index contributed by atoms with van der Waals surface area (Å²) in [6.45, 7) is 7.06. The first-order chi connectivity index (χ1) is 36.3. The van der Waals surface area contributed by atoms with Crippen LogP contribution in [0.1, 0.15) is 76.5 Å². The number of rotatable bonds is 15. The normalized spacial score (nSPS) is 25.2. The molecular weight excluding hydrogens is 1010 g/mol. The summed E-state index contributed by atoms with van der Waals surface area (Å²) in [5.41, 5.74) is 2.80. The van der Waals surface area contributed by atoms with Gasteiger partial charge in [-0.2, -0.15) is 0 Å². The van der Waals surface area contributed by atoms with Crippen molar-refractivity contribution < 1.29 is 46.8 Å². The zero-order chi connectivity index (χ0) is 55.1. The van der Waals surface area contributed by atoms with Gasteiger partial charge in [-0.25, -0.2) is 0 Å².